The van der Waals surface area contributed by atoms with Crippen LogP contribution in [0.2, 0.25) is 0 Å². The Balaban J connectivity index is 1.50. The second-order valence-electron chi connectivity index (χ2n) is 7.81. The lowest BCUT2D eigenvalue weighted by atomic mass is 10.1. The molecule has 0 atom stereocenters. The van der Waals surface area contributed by atoms with Gasteiger partial charge in [-0.1, -0.05) is 12.1 Å². The van der Waals surface area contributed by atoms with Crippen LogP contribution in [0, 0.1) is 10.1 Å². The molecule has 182 valence electrons. The highest BCUT2D eigenvalue weighted by atomic mass is 32.2. The first-order valence-electron chi connectivity index (χ1n) is 10.7. The van der Waals surface area contributed by atoms with Crippen molar-refractivity contribution >= 4 is 29.2 Å². The van der Waals surface area contributed by atoms with Gasteiger partial charge in [-0.05, 0) is 54.4 Å². The number of nitrogens with zero attached hydrogens (tertiary/aromatic N) is 4. The van der Waals surface area contributed by atoms with Crippen molar-refractivity contribution in [1.29, 1.82) is 0 Å². The fourth-order valence-corrected chi connectivity index (χ4v) is 4.29. The summed E-state index contributed by atoms with van der Waals surface area (Å²) in [5.74, 6) is 0.0468. The van der Waals surface area contributed by atoms with Crippen molar-refractivity contribution in [2.75, 3.05) is 18.0 Å². The van der Waals surface area contributed by atoms with Gasteiger partial charge in [-0.25, -0.2) is 9.97 Å². The Kier molecular flexibility index (Phi) is 7.20. The third kappa shape index (κ3) is 6.07. The van der Waals surface area contributed by atoms with Crippen molar-refractivity contribution in [2.24, 2.45) is 0 Å². The highest BCUT2D eigenvalue weighted by molar-refractivity contribution is 7.99. The zero-order valence-corrected chi connectivity index (χ0v) is 19.1. The molecule has 1 fully saturated rings. The van der Waals surface area contributed by atoms with Crippen LogP contribution in [-0.2, 0) is 12.7 Å². The van der Waals surface area contributed by atoms with Crippen LogP contribution in [0.4, 0.5) is 24.7 Å². The lowest BCUT2D eigenvalue weighted by Gasteiger charge is -2.20. The molecule has 0 saturated carbocycles. The summed E-state index contributed by atoms with van der Waals surface area (Å²) in [4.78, 5) is 34.9. The van der Waals surface area contributed by atoms with Crippen molar-refractivity contribution < 1.29 is 22.9 Å². The Bertz CT molecular complexity index is 1210. The molecule has 35 heavy (non-hydrogen) atoms. The molecule has 1 aliphatic rings. The van der Waals surface area contributed by atoms with E-state index in [2.05, 4.69) is 15.3 Å². The highest BCUT2D eigenvalue weighted by Gasteiger charge is 2.30. The molecule has 2 aromatic carbocycles. The molecule has 1 aromatic heterocycles. The standard InChI is InChI=1S/C23H20F3N5O3S/c24-23(25,26)16-5-3-15(4-6-16)13-27-21(32)19-14-28-22(29-20(19)30-11-1-2-12-30)35-18-9-7-17(8-10-18)31(33)34/h3-10,14H,1-2,11-13H2,(H,27,32). The van der Waals surface area contributed by atoms with E-state index >= 15 is 0 Å². The number of rotatable bonds is 7. The predicted molar refractivity (Wildman–Crippen MR) is 123 cm³/mol. The number of benzene rings is 2. The highest BCUT2D eigenvalue weighted by Crippen LogP contribution is 2.31. The van der Waals surface area contributed by atoms with E-state index in [1.165, 1.54) is 42.2 Å². The van der Waals surface area contributed by atoms with E-state index in [1.54, 1.807) is 12.1 Å². The lowest BCUT2D eigenvalue weighted by molar-refractivity contribution is -0.384. The van der Waals surface area contributed by atoms with E-state index in [9.17, 15) is 28.1 Å². The maximum Gasteiger partial charge on any atom is 0.416 e. The number of nitro benzene ring substituents is 1. The van der Waals surface area contributed by atoms with Crippen LogP contribution in [0.15, 0.2) is 64.8 Å². The first-order chi connectivity index (χ1) is 16.7. The number of halogens is 3. The van der Waals surface area contributed by atoms with Gasteiger partial charge in [0.15, 0.2) is 5.16 Å². The monoisotopic (exact) mass is 503 g/mol. The third-order valence-corrected chi connectivity index (χ3v) is 6.27. The van der Waals surface area contributed by atoms with Crippen LogP contribution >= 0.6 is 11.8 Å². The minimum atomic E-state index is -4.42. The van der Waals surface area contributed by atoms with Crippen LogP contribution in [0.1, 0.15) is 34.3 Å². The molecule has 0 unspecified atom stereocenters. The zero-order valence-electron chi connectivity index (χ0n) is 18.3. The molecule has 8 nitrogen and oxygen atoms in total. The van der Waals surface area contributed by atoms with Gasteiger partial charge in [0.25, 0.3) is 11.6 Å². The van der Waals surface area contributed by atoms with Gasteiger partial charge >= 0.3 is 6.18 Å². The quantitative estimate of drug-likeness (QED) is 0.272. The van der Waals surface area contributed by atoms with Gasteiger partial charge in [0.1, 0.15) is 11.4 Å². The van der Waals surface area contributed by atoms with Crippen molar-refractivity contribution in [3.8, 4) is 0 Å². The average Bonchev–Trinajstić information content (AvgIpc) is 3.37. The molecular formula is C23H20F3N5O3S. The molecule has 0 spiro atoms. The summed E-state index contributed by atoms with van der Waals surface area (Å²) >= 11 is 1.22. The van der Waals surface area contributed by atoms with E-state index < -0.39 is 22.6 Å². The molecule has 0 bridgehead atoms. The Labute approximate surface area is 202 Å². The Hall–Kier alpha value is -3.67. The summed E-state index contributed by atoms with van der Waals surface area (Å²) in [5.41, 5.74) is 0.0266. The minimum absolute atomic E-state index is 0.0203. The fourth-order valence-electron chi connectivity index (χ4n) is 3.57. The number of hydrogen-bond donors (Lipinski definition) is 1. The molecule has 12 heteroatoms. The van der Waals surface area contributed by atoms with Crippen molar-refractivity contribution in [1.82, 2.24) is 15.3 Å². The maximum atomic E-state index is 12.9. The lowest BCUT2D eigenvalue weighted by Crippen LogP contribution is -2.28. The summed E-state index contributed by atoms with van der Waals surface area (Å²) in [5, 5.41) is 14.0. The Morgan fingerprint density at radius 1 is 1.09 bits per heavy atom. The third-order valence-electron chi connectivity index (χ3n) is 5.39. The summed E-state index contributed by atoms with van der Waals surface area (Å²) < 4.78 is 38.3. The van der Waals surface area contributed by atoms with Gasteiger partial charge in [0.2, 0.25) is 0 Å². The maximum absolute atomic E-state index is 12.9. The van der Waals surface area contributed by atoms with E-state index in [0.29, 0.717) is 21.4 Å². The molecular weight excluding hydrogens is 483 g/mol. The number of alkyl halides is 3. The number of anilines is 1. The SMILES string of the molecule is O=C(NCc1ccc(C(F)(F)F)cc1)c1cnc(Sc2ccc([N+](=O)[O-])cc2)nc1N1CCCC1. The molecule has 0 radical (unpaired) electrons. The van der Waals surface area contributed by atoms with Crippen molar-refractivity contribution in [3.05, 3.63) is 81.5 Å². The fraction of sp³-hybridized carbons (Fsp3) is 0.261. The van der Waals surface area contributed by atoms with Gasteiger partial charge in [-0.3, -0.25) is 14.9 Å². The normalized spacial score (nSPS) is 13.6. The second-order valence-corrected chi connectivity index (χ2v) is 8.86. The van der Waals surface area contributed by atoms with Gasteiger partial charge in [-0.15, -0.1) is 0 Å². The Morgan fingerprint density at radius 3 is 2.34 bits per heavy atom. The number of nitrogens with one attached hydrogen (secondary N) is 1. The summed E-state index contributed by atoms with van der Waals surface area (Å²) in [6.45, 7) is 1.52. The molecule has 1 aliphatic heterocycles. The van der Waals surface area contributed by atoms with Gasteiger partial charge in [0.05, 0.1) is 10.5 Å². The summed E-state index contributed by atoms with van der Waals surface area (Å²) in [6.07, 6.45) is -1.07. The number of carbonyl (C=O) groups is 1. The molecule has 0 aliphatic carbocycles. The zero-order chi connectivity index (χ0) is 25.0. The van der Waals surface area contributed by atoms with Crippen molar-refractivity contribution in [3.63, 3.8) is 0 Å². The number of nitro groups is 1. The van der Waals surface area contributed by atoms with E-state index in [1.807, 2.05) is 4.90 Å². The molecule has 2 heterocycles. The Morgan fingerprint density at radius 2 is 1.74 bits per heavy atom. The van der Waals surface area contributed by atoms with Crippen LogP contribution in [-0.4, -0.2) is 33.9 Å². The molecule has 1 N–H and O–H groups in total. The van der Waals surface area contributed by atoms with Crippen LogP contribution < -0.4 is 10.2 Å². The van der Waals surface area contributed by atoms with Crippen LogP contribution in [0.3, 0.4) is 0 Å². The topological polar surface area (TPSA) is 101 Å². The number of aromatic nitrogens is 2. The van der Waals surface area contributed by atoms with Crippen LogP contribution in [0.5, 0.6) is 0 Å². The largest absolute Gasteiger partial charge is 0.416 e. The number of hydrogen-bond acceptors (Lipinski definition) is 7. The smallest absolute Gasteiger partial charge is 0.356 e. The van der Waals surface area contributed by atoms with Gasteiger partial charge in [-0.2, -0.15) is 13.2 Å². The molecule has 1 saturated heterocycles. The molecule has 1 amide bonds. The number of carbonyl (C=O) groups excluding carboxylic acids is 1. The summed E-state index contributed by atoms with van der Waals surface area (Å²) in [7, 11) is 0. The van der Waals surface area contributed by atoms with Crippen LogP contribution in [0.25, 0.3) is 0 Å². The predicted octanol–water partition coefficient (Wildman–Crippen LogP) is 5.09. The number of amides is 1. The van der Waals surface area contributed by atoms with Gasteiger partial charge < -0.3 is 10.2 Å². The van der Waals surface area contributed by atoms with E-state index in [0.717, 1.165) is 38.1 Å². The summed E-state index contributed by atoms with van der Waals surface area (Å²) in [6, 6.07) is 10.6. The second kappa shape index (κ2) is 10.3. The molecule has 3 aromatic rings. The first kappa shape index (κ1) is 24.5. The van der Waals surface area contributed by atoms with Gasteiger partial charge in [0, 0.05) is 42.9 Å². The van der Waals surface area contributed by atoms with E-state index in [-0.39, 0.29) is 17.8 Å². The number of non-ortho nitro benzene ring substituents is 1. The van der Waals surface area contributed by atoms with Crippen molar-refractivity contribution in [2.45, 2.75) is 35.6 Å². The minimum Gasteiger partial charge on any atom is -0.356 e. The van der Waals surface area contributed by atoms with E-state index in [4.69, 9.17) is 0 Å². The first-order valence-corrected chi connectivity index (χ1v) is 11.5. The average molecular weight is 504 g/mol. The molecule has 4 rings (SSSR count).